The monoisotopic (exact) mass is 591 g/mol. The fraction of sp³-hybridized carbons (Fsp3) is 0.286. The van der Waals surface area contributed by atoms with Crippen molar-refractivity contribution in [3.63, 3.8) is 0 Å². The number of nitrogens with zero attached hydrogens (tertiary/aromatic N) is 2. The Morgan fingerprint density at radius 1 is 1.00 bits per heavy atom. The normalized spacial score (nSPS) is 11.9. The van der Waals surface area contributed by atoms with Gasteiger partial charge in [-0.15, -0.1) is 0 Å². The Balaban J connectivity index is 2.08. The fourth-order valence-corrected chi connectivity index (χ4v) is 5.67. The van der Waals surface area contributed by atoms with Gasteiger partial charge < -0.3 is 15.0 Å². The molecule has 0 spiro atoms. The van der Waals surface area contributed by atoms with E-state index in [9.17, 15) is 18.0 Å². The van der Waals surface area contributed by atoms with Gasteiger partial charge in [-0.3, -0.25) is 13.9 Å². The Kier molecular flexibility index (Phi) is 10.2. The Labute approximate surface area is 239 Å². The highest BCUT2D eigenvalue weighted by Crippen LogP contribution is 2.33. The molecule has 1 atom stereocenters. The van der Waals surface area contributed by atoms with Crippen molar-refractivity contribution in [3.05, 3.63) is 87.9 Å². The van der Waals surface area contributed by atoms with Gasteiger partial charge in [0.2, 0.25) is 11.8 Å². The molecule has 8 nitrogen and oxygen atoms in total. The molecule has 2 amide bonds. The van der Waals surface area contributed by atoms with Crippen LogP contribution in [-0.2, 0) is 26.2 Å². The quantitative estimate of drug-likeness (QED) is 0.336. The molecule has 0 heterocycles. The number of sulfonamides is 1. The lowest BCUT2D eigenvalue weighted by Gasteiger charge is -2.32. The van der Waals surface area contributed by atoms with Crippen LogP contribution < -0.4 is 14.4 Å². The number of amides is 2. The number of ether oxygens (including phenoxy) is 1. The van der Waals surface area contributed by atoms with Crippen molar-refractivity contribution >= 4 is 50.7 Å². The minimum atomic E-state index is -4.21. The number of methoxy groups -OCH3 is 1. The summed E-state index contributed by atoms with van der Waals surface area (Å²) in [5.74, 6) is -0.702. The van der Waals surface area contributed by atoms with Crippen LogP contribution in [0.2, 0.25) is 10.0 Å². The number of halogens is 2. The molecule has 0 aliphatic heterocycles. The first-order valence-electron chi connectivity index (χ1n) is 12.2. The number of nitrogens with one attached hydrogen (secondary N) is 1. The highest BCUT2D eigenvalue weighted by atomic mass is 35.5. The van der Waals surface area contributed by atoms with Crippen LogP contribution in [0.5, 0.6) is 5.75 Å². The van der Waals surface area contributed by atoms with Gasteiger partial charge in [-0.25, -0.2) is 8.42 Å². The Hall–Kier alpha value is -3.27. The number of benzene rings is 3. The van der Waals surface area contributed by atoms with Crippen molar-refractivity contribution in [1.82, 2.24) is 10.2 Å². The molecule has 208 valence electrons. The molecule has 0 fully saturated rings. The van der Waals surface area contributed by atoms with Crippen LogP contribution in [0.15, 0.2) is 71.6 Å². The van der Waals surface area contributed by atoms with Crippen LogP contribution in [0.3, 0.4) is 0 Å². The van der Waals surface area contributed by atoms with Crippen molar-refractivity contribution in [2.45, 2.75) is 38.3 Å². The molecule has 3 aromatic rings. The zero-order valence-electron chi connectivity index (χ0n) is 22.1. The number of carbonyl (C=O) groups excluding carboxylic acids is 2. The summed E-state index contributed by atoms with van der Waals surface area (Å²) in [4.78, 5) is 28.0. The van der Waals surface area contributed by atoms with E-state index in [1.807, 2.05) is 6.92 Å². The molecule has 0 unspecified atom stereocenters. The number of hydrogen-bond donors (Lipinski definition) is 1. The molecule has 0 bridgehead atoms. The molecule has 0 aliphatic carbocycles. The summed E-state index contributed by atoms with van der Waals surface area (Å²) in [5, 5.41) is 3.36. The lowest BCUT2D eigenvalue weighted by atomic mass is 10.1. The third-order valence-electron chi connectivity index (χ3n) is 6.10. The number of carbonyl (C=O) groups is 2. The topological polar surface area (TPSA) is 96.0 Å². The maximum absolute atomic E-state index is 13.9. The molecular formula is C28H31Cl2N3O5S. The molecular weight excluding hydrogens is 561 g/mol. The molecule has 0 aliphatic rings. The number of likely N-dealkylation sites (N-methyl/N-ethyl adjacent to an activating group) is 1. The number of anilines is 1. The Morgan fingerprint density at radius 3 is 2.28 bits per heavy atom. The third-order valence-corrected chi connectivity index (χ3v) is 8.61. The highest BCUT2D eigenvalue weighted by molar-refractivity contribution is 7.92. The van der Waals surface area contributed by atoms with Crippen LogP contribution in [-0.4, -0.2) is 51.4 Å². The van der Waals surface area contributed by atoms with Crippen molar-refractivity contribution in [2.75, 3.05) is 24.5 Å². The summed E-state index contributed by atoms with van der Waals surface area (Å²) in [6.07, 6.45) is 0. The summed E-state index contributed by atoms with van der Waals surface area (Å²) in [6.45, 7) is 4.99. The summed E-state index contributed by atoms with van der Waals surface area (Å²) in [5.41, 5.74) is 1.70. The van der Waals surface area contributed by atoms with Gasteiger partial charge >= 0.3 is 0 Å². The second kappa shape index (κ2) is 13.2. The third kappa shape index (κ3) is 7.23. The van der Waals surface area contributed by atoms with Gasteiger partial charge in [0.1, 0.15) is 18.3 Å². The van der Waals surface area contributed by atoms with Gasteiger partial charge in [0.15, 0.2) is 0 Å². The molecule has 1 N–H and O–H groups in total. The molecule has 0 radical (unpaired) electrons. The lowest BCUT2D eigenvalue weighted by Crippen LogP contribution is -2.51. The first kappa shape index (κ1) is 30.3. The van der Waals surface area contributed by atoms with Crippen LogP contribution in [0.1, 0.15) is 25.0 Å². The summed E-state index contributed by atoms with van der Waals surface area (Å²) in [7, 11) is -2.79. The summed E-state index contributed by atoms with van der Waals surface area (Å²) < 4.78 is 34.2. The predicted molar refractivity (Wildman–Crippen MR) is 154 cm³/mol. The van der Waals surface area contributed by atoms with E-state index in [2.05, 4.69) is 5.32 Å². The second-order valence-electron chi connectivity index (χ2n) is 8.84. The van der Waals surface area contributed by atoms with E-state index >= 15 is 0 Å². The zero-order chi connectivity index (χ0) is 28.7. The number of rotatable bonds is 11. The largest absolute Gasteiger partial charge is 0.495 e. The minimum Gasteiger partial charge on any atom is -0.495 e. The molecule has 3 aromatic carbocycles. The maximum atomic E-state index is 13.9. The molecule has 39 heavy (non-hydrogen) atoms. The smallest absolute Gasteiger partial charge is 0.264 e. The van der Waals surface area contributed by atoms with Crippen LogP contribution >= 0.6 is 23.2 Å². The van der Waals surface area contributed by atoms with E-state index in [1.54, 1.807) is 68.4 Å². The standard InChI is InChI=1S/C28H31Cl2N3O5S/c1-5-31-28(35)20(3)32(17-21-12-15-23(29)24(30)16-21)27(34)18-33(25-8-6-7-9-26(25)38-4)39(36,37)22-13-10-19(2)11-14-22/h6-16,20H,5,17-18H2,1-4H3,(H,31,35)/t20-/m1/s1. The molecule has 0 saturated heterocycles. The van der Waals surface area contributed by atoms with E-state index in [4.69, 9.17) is 27.9 Å². The van der Waals surface area contributed by atoms with Crippen LogP contribution in [0, 0.1) is 6.92 Å². The predicted octanol–water partition coefficient (Wildman–Crippen LogP) is 5.06. The number of para-hydroxylation sites is 2. The van der Waals surface area contributed by atoms with Crippen molar-refractivity contribution in [2.24, 2.45) is 0 Å². The Bertz CT molecular complexity index is 1430. The zero-order valence-corrected chi connectivity index (χ0v) is 24.5. The highest BCUT2D eigenvalue weighted by Gasteiger charge is 2.33. The summed E-state index contributed by atoms with van der Waals surface area (Å²) >= 11 is 12.2. The van der Waals surface area contributed by atoms with E-state index in [-0.39, 0.29) is 28.8 Å². The van der Waals surface area contributed by atoms with Crippen LogP contribution in [0.4, 0.5) is 5.69 Å². The molecule has 0 saturated carbocycles. The SMILES string of the molecule is CCNC(=O)[C@@H](C)N(Cc1ccc(Cl)c(Cl)c1)C(=O)CN(c1ccccc1OC)S(=O)(=O)c1ccc(C)cc1. The van der Waals surface area contributed by atoms with E-state index in [0.717, 1.165) is 9.87 Å². The minimum absolute atomic E-state index is 0.00162. The molecule has 11 heteroatoms. The Morgan fingerprint density at radius 2 is 1.67 bits per heavy atom. The van der Waals surface area contributed by atoms with Crippen LogP contribution in [0.25, 0.3) is 0 Å². The van der Waals surface area contributed by atoms with Gasteiger partial charge in [-0.2, -0.15) is 0 Å². The average molecular weight is 593 g/mol. The van der Waals surface area contributed by atoms with E-state index < -0.39 is 28.5 Å². The average Bonchev–Trinajstić information content (AvgIpc) is 2.92. The molecule has 3 rings (SSSR count). The van der Waals surface area contributed by atoms with E-state index in [0.29, 0.717) is 22.2 Å². The first-order chi connectivity index (χ1) is 18.5. The fourth-order valence-electron chi connectivity index (χ4n) is 3.93. The second-order valence-corrected chi connectivity index (χ2v) is 11.5. The maximum Gasteiger partial charge on any atom is 0.264 e. The summed E-state index contributed by atoms with van der Waals surface area (Å²) in [6, 6.07) is 16.9. The van der Waals surface area contributed by atoms with Crippen molar-refractivity contribution in [3.8, 4) is 5.75 Å². The van der Waals surface area contributed by atoms with Crippen molar-refractivity contribution < 1.29 is 22.7 Å². The number of hydrogen-bond acceptors (Lipinski definition) is 5. The van der Waals surface area contributed by atoms with E-state index in [1.165, 1.54) is 24.1 Å². The van der Waals surface area contributed by atoms with Gasteiger partial charge in [0.05, 0.1) is 27.7 Å². The van der Waals surface area contributed by atoms with Gasteiger partial charge in [-0.05, 0) is 62.7 Å². The van der Waals surface area contributed by atoms with Gasteiger partial charge in [0, 0.05) is 13.1 Å². The first-order valence-corrected chi connectivity index (χ1v) is 14.4. The lowest BCUT2D eigenvalue weighted by molar-refractivity contribution is -0.139. The molecule has 0 aromatic heterocycles. The van der Waals surface area contributed by atoms with Gasteiger partial charge in [-0.1, -0.05) is 59.1 Å². The van der Waals surface area contributed by atoms with Crippen molar-refractivity contribution in [1.29, 1.82) is 0 Å². The van der Waals surface area contributed by atoms with Gasteiger partial charge in [0.25, 0.3) is 10.0 Å². The number of aryl methyl sites for hydroxylation is 1.